The maximum Gasteiger partial charge on any atom is 0.258 e. The van der Waals surface area contributed by atoms with Crippen LogP contribution in [0.4, 0.5) is 5.69 Å². The molecule has 4 aromatic rings. The molecule has 0 unspecified atom stereocenters. The monoisotopic (exact) mass is 423 g/mol. The molecule has 0 saturated carbocycles. The Morgan fingerprint density at radius 2 is 1.93 bits per heavy atom. The number of rotatable bonds is 7. The van der Waals surface area contributed by atoms with Crippen LogP contribution in [0.3, 0.4) is 0 Å². The number of benzene rings is 2. The van der Waals surface area contributed by atoms with Crippen LogP contribution in [0.2, 0.25) is 0 Å². The molecule has 8 heteroatoms. The number of thioether (sulfide) groups is 1. The van der Waals surface area contributed by atoms with Gasteiger partial charge in [-0.3, -0.25) is 14.0 Å². The van der Waals surface area contributed by atoms with Gasteiger partial charge in [-0.15, -0.1) is 23.1 Å². The molecule has 29 heavy (non-hydrogen) atoms. The minimum Gasteiger partial charge on any atom is -0.455 e. The first-order valence-corrected chi connectivity index (χ1v) is 10.9. The number of ether oxygens (including phenoxy) is 1. The maximum atomic E-state index is 12.4. The van der Waals surface area contributed by atoms with E-state index in [0.717, 1.165) is 0 Å². The Kier molecular flexibility index (Phi) is 5.92. The molecule has 0 aliphatic heterocycles. The van der Waals surface area contributed by atoms with Crippen LogP contribution in [-0.2, 0) is 10.5 Å². The predicted octanol–water partition coefficient (Wildman–Crippen LogP) is 4.42. The van der Waals surface area contributed by atoms with Gasteiger partial charge < -0.3 is 10.1 Å². The van der Waals surface area contributed by atoms with E-state index < -0.39 is 0 Å². The number of carbonyl (C=O) groups is 1. The van der Waals surface area contributed by atoms with Crippen molar-refractivity contribution in [1.29, 1.82) is 0 Å². The zero-order valence-corrected chi connectivity index (χ0v) is 16.9. The molecular formula is C21H17N3O3S2. The lowest BCUT2D eigenvalue weighted by Gasteiger charge is -2.12. The fraction of sp³-hybridized carbons (Fsp3) is 0.0952. The van der Waals surface area contributed by atoms with Crippen molar-refractivity contribution in [3.8, 4) is 11.5 Å². The van der Waals surface area contributed by atoms with E-state index >= 15 is 0 Å². The summed E-state index contributed by atoms with van der Waals surface area (Å²) in [5.74, 6) is 1.86. The highest BCUT2D eigenvalue weighted by Crippen LogP contribution is 2.29. The molecule has 0 spiro atoms. The molecule has 0 bridgehead atoms. The minimum atomic E-state index is -0.145. The Hall–Kier alpha value is -3.10. The standard InChI is InChI=1S/C21H17N3O3S2/c25-19(14-28-13-15-12-20(26)24-10-11-29-21(24)22-15)23-17-8-4-5-9-18(17)27-16-6-2-1-3-7-16/h1-12H,13-14H2,(H,23,25). The highest BCUT2D eigenvalue weighted by Gasteiger charge is 2.10. The molecule has 4 rings (SSSR count). The van der Waals surface area contributed by atoms with E-state index in [4.69, 9.17) is 4.74 Å². The van der Waals surface area contributed by atoms with Crippen molar-refractivity contribution in [3.05, 3.63) is 88.3 Å². The lowest BCUT2D eigenvalue weighted by atomic mass is 10.3. The fourth-order valence-electron chi connectivity index (χ4n) is 2.67. The van der Waals surface area contributed by atoms with Gasteiger partial charge in [-0.2, -0.15) is 0 Å². The Labute approximate surface area is 175 Å². The van der Waals surface area contributed by atoms with Crippen LogP contribution in [0.1, 0.15) is 5.69 Å². The average molecular weight is 424 g/mol. The Bertz CT molecular complexity index is 1190. The smallest absolute Gasteiger partial charge is 0.258 e. The minimum absolute atomic E-state index is 0.108. The number of aromatic nitrogens is 2. The number of carbonyl (C=O) groups excluding carboxylic acids is 1. The molecule has 146 valence electrons. The number of hydrogen-bond donors (Lipinski definition) is 1. The van der Waals surface area contributed by atoms with Crippen molar-refractivity contribution in [1.82, 2.24) is 9.38 Å². The van der Waals surface area contributed by atoms with Crippen LogP contribution in [0, 0.1) is 0 Å². The summed E-state index contributed by atoms with van der Waals surface area (Å²) in [6.07, 6.45) is 1.70. The van der Waals surface area contributed by atoms with Gasteiger partial charge in [0.2, 0.25) is 5.91 Å². The van der Waals surface area contributed by atoms with Crippen molar-refractivity contribution in [2.75, 3.05) is 11.1 Å². The molecule has 0 radical (unpaired) electrons. The molecule has 0 fully saturated rings. The van der Waals surface area contributed by atoms with Gasteiger partial charge in [0.15, 0.2) is 10.7 Å². The SMILES string of the molecule is O=C(CSCc1cc(=O)n2ccsc2n1)Nc1ccccc1Oc1ccccc1. The summed E-state index contributed by atoms with van der Waals surface area (Å²) in [6, 6.07) is 18.2. The predicted molar refractivity (Wildman–Crippen MR) is 117 cm³/mol. The van der Waals surface area contributed by atoms with Gasteiger partial charge >= 0.3 is 0 Å². The number of anilines is 1. The summed E-state index contributed by atoms with van der Waals surface area (Å²) in [6.45, 7) is 0. The van der Waals surface area contributed by atoms with Crippen molar-refractivity contribution in [3.63, 3.8) is 0 Å². The lowest BCUT2D eigenvalue weighted by molar-refractivity contribution is -0.113. The largest absolute Gasteiger partial charge is 0.455 e. The van der Waals surface area contributed by atoms with Crippen LogP contribution in [0.25, 0.3) is 4.96 Å². The molecule has 1 amide bonds. The van der Waals surface area contributed by atoms with Gasteiger partial charge in [-0.25, -0.2) is 4.98 Å². The van der Waals surface area contributed by atoms with E-state index in [2.05, 4.69) is 10.3 Å². The third-order valence-electron chi connectivity index (χ3n) is 3.97. The molecule has 1 N–H and O–H groups in total. The van der Waals surface area contributed by atoms with Crippen molar-refractivity contribution >= 4 is 39.7 Å². The first-order valence-electron chi connectivity index (χ1n) is 8.84. The Morgan fingerprint density at radius 1 is 1.14 bits per heavy atom. The number of amides is 1. The molecule has 2 aromatic carbocycles. The number of hydrogen-bond acceptors (Lipinski definition) is 6. The lowest BCUT2D eigenvalue weighted by Crippen LogP contribution is -2.15. The molecule has 2 aromatic heterocycles. The molecule has 0 aliphatic carbocycles. The van der Waals surface area contributed by atoms with Gasteiger partial charge in [0.25, 0.3) is 5.56 Å². The van der Waals surface area contributed by atoms with Crippen LogP contribution < -0.4 is 15.6 Å². The fourth-order valence-corrected chi connectivity index (χ4v) is 4.13. The number of nitrogens with one attached hydrogen (secondary N) is 1. The summed E-state index contributed by atoms with van der Waals surface area (Å²) in [5.41, 5.74) is 1.17. The molecular weight excluding hydrogens is 406 g/mol. The van der Waals surface area contributed by atoms with Gasteiger partial charge in [0.05, 0.1) is 17.1 Å². The highest BCUT2D eigenvalue weighted by molar-refractivity contribution is 7.99. The van der Waals surface area contributed by atoms with Crippen molar-refractivity contribution < 1.29 is 9.53 Å². The molecule has 0 saturated heterocycles. The first-order chi connectivity index (χ1) is 14.2. The molecule has 6 nitrogen and oxygen atoms in total. The molecule has 0 aliphatic rings. The van der Waals surface area contributed by atoms with E-state index in [0.29, 0.717) is 33.6 Å². The van der Waals surface area contributed by atoms with Gasteiger partial charge in [-0.05, 0) is 24.3 Å². The Morgan fingerprint density at radius 3 is 2.79 bits per heavy atom. The third kappa shape index (κ3) is 4.85. The molecule has 0 atom stereocenters. The topological polar surface area (TPSA) is 72.7 Å². The second-order valence-electron chi connectivity index (χ2n) is 6.09. The summed E-state index contributed by atoms with van der Waals surface area (Å²) < 4.78 is 7.37. The summed E-state index contributed by atoms with van der Waals surface area (Å²) in [7, 11) is 0. The normalized spacial score (nSPS) is 10.8. The summed E-state index contributed by atoms with van der Waals surface area (Å²) in [5, 5.41) is 4.71. The first kappa shape index (κ1) is 19.2. The van der Waals surface area contributed by atoms with E-state index in [1.807, 2.05) is 53.9 Å². The number of nitrogens with zero attached hydrogens (tertiary/aromatic N) is 2. The van der Waals surface area contributed by atoms with Gasteiger partial charge in [-0.1, -0.05) is 30.3 Å². The van der Waals surface area contributed by atoms with Crippen LogP contribution in [0.15, 0.2) is 77.0 Å². The number of thiazole rings is 1. The van der Waals surface area contributed by atoms with E-state index in [1.165, 1.54) is 33.6 Å². The number of para-hydroxylation sites is 3. The maximum absolute atomic E-state index is 12.4. The van der Waals surface area contributed by atoms with Gasteiger partial charge in [0, 0.05) is 23.4 Å². The second kappa shape index (κ2) is 8.93. The summed E-state index contributed by atoms with van der Waals surface area (Å²) >= 11 is 2.81. The zero-order valence-electron chi connectivity index (χ0n) is 15.3. The number of fused-ring (bicyclic) bond motifs is 1. The van der Waals surface area contributed by atoms with E-state index in [-0.39, 0.29) is 17.2 Å². The van der Waals surface area contributed by atoms with E-state index in [1.54, 1.807) is 12.3 Å². The summed E-state index contributed by atoms with van der Waals surface area (Å²) in [4.78, 5) is 29.5. The van der Waals surface area contributed by atoms with Crippen LogP contribution in [0.5, 0.6) is 11.5 Å². The average Bonchev–Trinajstić information content (AvgIpc) is 3.20. The zero-order chi connectivity index (χ0) is 20.1. The highest BCUT2D eigenvalue weighted by atomic mass is 32.2. The Balaban J connectivity index is 1.35. The third-order valence-corrected chi connectivity index (χ3v) is 5.69. The van der Waals surface area contributed by atoms with Crippen LogP contribution in [-0.4, -0.2) is 21.0 Å². The second-order valence-corrected chi connectivity index (χ2v) is 7.95. The van der Waals surface area contributed by atoms with E-state index in [9.17, 15) is 9.59 Å². The van der Waals surface area contributed by atoms with Crippen molar-refractivity contribution in [2.45, 2.75) is 5.75 Å². The van der Waals surface area contributed by atoms with Crippen LogP contribution >= 0.6 is 23.1 Å². The quantitative estimate of drug-likeness (QED) is 0.476. The molecule has 2 heterocycles. The van der Waals surface area contributed by atoms with Crippen molar-refractivity contribution in [2.24, 2.45) is 0 Å². The van der Waals surface area contributed by atoms with Gasteiger partial charge in [0.1, 0.15) is 5.75 Å².